The third-order valence-corrected chi connectivity index (χ3v) is 3.11. The number of rotatable bonds is 3. The lowest BCUT2D eigenvalue weighted by atomic mass is 10.1. The van der Waals surface area contributed by atoms with E-state index in [4.69, 9.17) is 0 Å². The molecule has 0 saturated carbocycles. The summed E-state index contributed by atoms with van der Waals surface area (Å²) in [5.74, 6) is 0. The van der Waals surface area contributed by atoms with Crippen molar-refractivity contribution in [2.75, 3.05) is 6.26 Å². The van der Waals surface area contributed by atoms with Crippen LogP contribution in [-0.2, 0) is 9.84 Å². The van der Waals surface area contributed by atoms with Crippen molar-refractivity contribution in [1.29, 1.82) is 0 Å². The monoisotopic (exact) mass is 222 g/mol. The second kappa shape index (κ2) is 4.45. The number of allylic oxidation sites excluding steroid dienone is 3. The molecule has 0 unspecified atom stereocenters. The van der Waals surface area contributed by atoms with Gasteiger partial charge in [0, 0.05) is 6.26 Å². The first-order chi connectivity index (χ1) is 6.95. The Kier molecular flexibility index (Phi) is 3.48. The predicted molar refractivity (Wildman–Crippen MR) is 63.4 cm³/mol. The first kappa shape index (κ1) is 11.7. The quantitative estimate of drug-likeness (QED) is 0.737. The molecular weight excluding hydrogens is 208 g/mol. The van der Waals surface area contributed by atoms with Crippen molar-refractivity contribution in [1.82, 2.24) is 0 Å². The Morgan fingerprint density at radius 2 is 2.07 bits per heavy atom. The largest absolute Gasteiger partial charge is 0.224 e. The van der Waals surface area contributed by atoms with Crippen LogP contribution in [0, 0.1) is 0 Å². The molecule has 1 aromatic carbocycles. The van der Waals surface area contributed by atoms with Gasteiger partial charge in [-0.05, 0) is 30.2 Å². The molecule has 0 spiro atoms. The Bertz CT molecular complexity index is 496. The van der Waals surface area contributed by atoms with E-state index in [9.17, 15) is 8.42 Å². The summed E-state index contributed by atoms with van der Waals surface area (Å²) < 4.78 is 22.6. The Morgan fingerprint density at radius 3 is 2.60 bits per heavy atom. The molecule has 80 valence electrons. The lowest BCUT2D eigenvalue weighted by Gasteiger charge is -2.03. The Labute approximate surface area is 90.9 Å². The summed E-state index contributed by atoms with van der Waals surface area (Å²) in [4.78, 5) is 0.325. The highest BCUT2D eigenvalue weighted by molar-refractivity contribution is 7.90. The smallest absolute Gasteiger partial charge is 0.175 e. The molecule has 0 aliphatic rings. The molecule has 0 amide bonds. The van der Waals surface area contributed by atoms with Crippen molar-refractivity contribution >= 4 is 15.4 Å². The average molecular weight is 222 g/mol. The molecule has 0 aliphatic carbocycles. The van der Waals surface area contributed by atoms with Gasteiger partial charge in [0.05, 0.1) is 4.90 Å². The molecule has 0 aliphatic heterocycles. The summed E-state index contributed by atoms with van der Waals surface area (Å²) in [6.45, 7) is 5.75. The molecule has 0 aromatic heterocycles. The third kappa shape index (κ3) is 3.06. The minimum absolute atomic E-state index is 0.325. The predicted octanol–water partition coefficient (Wildman–Crippen LogP) is 2.68. The van der Waals surface area contributed by atoms with E-state index >= 15 is 0 Å². The standard InChI is InChI=1S/C12H14O2S/c1-4-6-10(2)11-7-5-8-12(9-11)15(3,13)14/h4-9H,2H2,1,3H3/b6-4-. The van der Waals surface area contributed by atoms with Gasteiger partial charge in [-0.2, -0.15) is 0 Å². The minimum atomic E-state index is -3.14. The number of hydrogen-bond acceptors (Lipinski definition) is 2. The van der Waals surface area contributed by atoms with Crippen LogP contribution in [0.3, 0.4) is 0 Å². The first-order valence-electron chi connectivity index (χ1n) is 4.57. The van der Waals surface area contributed by atoms with Gasteiger partial charge in [0.25, 0.3) is 0 Å². The molecule has 15 heavy (non-hydrogen) atoms. The summed E-state index contributed by atoms with van der Waals surface area (Å²) in [5, 5.41) is 0. The Hall–Kier alpha value is -1.35. The van der Waals surface area contributed by atoms with Gasteiger partial charge in [0.15, 0.2) is 9.84 Å². The molecule has 0 fully saturated rings. The van der Waals surface area contributed by atoms with Gasteiger partial charge in [0.2, 0.25) is 0 Å². The lowest BCUT2D eigenvalue weighted by molar-refractivity contribution is 0.602. The zero-order valence-corrected chi connectivity index (χ0v) is 9.71. The van der Waals surface area contributed by atoms with E-state index in [2.05, 4.69) is 6.58 Å². The van der Waals surface area contributed by atoms with Gasteiger partial charge in [-0.25, -0.2) is 8.42 Å². The molecule has 0 atom stereocenters. The second-order valence-corrected chi connectivity index (χ2v) is 5.34. The summed E-state index contributed by atoms with van der Waals surface area (Å²) in [6, 6.07) is 6.79. The Balaban J connectivity index is 3.20. The third-order valence-electron chi connectivity index (χ3n) is 2.00. The summed E-state index contributed by atoms with van der Waals surface area (Å²) in [6.07, 6.45) is 4.92. The first-order valence-corrected chi connectivity index (χ1v) is 6.46. The fourth-order valence-electron chi connectivity index (χ4n) is 1.22. The zero-order chi connectivity index (χ0) is 11.5. The van der Waals surface area contributed by atoms with Gasteiger partial charge < -0.3 is 0 Å². The van der Waals surface area contributed by atoms with E-state index in [0.29, 0.717) is 4.90 Å². The summed E-state index contributed by atoms with van der Waals surface area (Å²) in [5.41, 5.74) is 1.64. The fraction of sp³-hybridized carbons (Fsp3) is 0.167. The van der Waals surface area contributed by atoms with Crippen molar-refractivity contribution in [2.45, 2.75) is 11.8 Å². The SMILES string of the molecule is C=C(/C=C\C)c1cccc(S(C)(=O)=O)c1. The van der Waals surface area contributed by atoms with Crippen LogP contribution in [0.15, 0.2) is 47.9 Å². The second-order valence-electron chi connectivity index (χ2n) is 3.33. The number of benzene rings is 1. The molecule has 0 bridgehead atoms. The average Bonchev–Trinajstić information content (AvgIpc) is 2.17. The summed E-state index contributed by atoms with van der Waals surface area (Å²) >= 11 is 0. The normalized spacial score (nSPS) is 11.9. The maximum absolute atomic E-state index is 11.3. The van der Waals surface area contributed by atoms with E-state index in [1.807, 2.05) is 25.1 Å². The van der Waals surface area contributed by atoms with Crippen LogP contribution in [0.5, 0.6) is 0 Å². The highest BCUT2D eigenvalue weighted by Gasteiger charge is 2.07. The molecule has 0 N–H and O–H groups in total. The van der Waals surface area contributed by atoms with Crippen molar-refractivity contribution in [3.8, 4) is 0 Å². The number of hydrogen-bond donors (Lipinski definition) is 0. The van der Waals surface area contributed by atoms with Crippen molar-refractivity contribution in [3.63, 3.8) is 0 Å². The topological polar surface area (TPSA) is 34.1 Å². The molecule has 0 saturated heterocycles. The maximum Gasteiger partial charge on any atom is 0.175 e. The van der Waals surface area contributed by atoms with E-state index in [0.717, 1.165) is 11.1 Å². The van der Waals surface area contributed by atoms with Crippen molar-refractivity contribution < 1.29 is 8.42 Å². The van der Waals surface area contributed by atoms with Crippen molar-refractivity contribution in [3.05, 3.63) is 48.6 Å². The maximum atomic E-state index is 11.3. The Morgan fingerprint density at radius 1 is 1.40 bits per heavy atom. The van der Waals surface area contributed by atoms with Gasteiger partial charge in [-0.3, -0.25) is 0 Å². The minimum Gasteiger partial charge on any atom is -0.224 e. The fourth-order valence-corrected chi connectivity index (χ4v) is 1.89. The van der Waals surface area contributed by atoms with Gasteiger partial charge in [-0.1, -0.05) is 30.9 Å². The highest BCUT2D eigenvalue weighted by atomic mass is 32.2. The van der Waals surface area contributed by atoms with Crippen LogP contribution in [-0.4, -0.2) is 14.7 Å². The van der Waals surface area contributed by atoms with E-state index in [-0.39, 0.29) is 0 Å². The van der Waals surface area contributed by atoms with Crippen LogP contribution < -0.4 is 0 Å². The molecule has 2 nitrogen and oxygen atoms in total. The van der Waals surface area contributed by atoms with Gasteiger partial charge >= 0.3 is 0 Å². The highest BCUT2D eigenvalue weighted by Crippen LogP contribution is 2.18. The molecular formula is C12H14O2S. The van der Waals surface area contributed by atoms with Crippen molar-refractivity contribution in [2.24, 2.45) is 0 Å². The molecule has 0 heterocycles. The molecule has 1 aromatic rings. The van der Waals surface area contributed by atoms with E-state index in [1.54, 1.807) is 18.2 Å². The zero-order valence-electron chi connectivity index (χ0n) is 8.90. The van der Waals surface area contributed by atoms with Gasteiger partial charge in [-0.15, -0.1) is 0 Å². The molecule has 3 heteroatoms. The lowest BCUT2D eigenvalue weighted by Crippen LogP contribution is -1.97. The summed E-state index contributed by atoms with van der Waals surface area (Å²) in [7, 11) is -3.14. The molecule has 1 rings (SSSR count). The van der Waals surface area contributed by atoms with Gasteiger partial charge in [0.1, 0.15) is 0 Å². The molecule has 0 radical (unpaired) electrons. The van der Waals surface area contributed by atoms with Crippen LogP contribution in [0.1, 0.15) is 12.5 Å². The van der Waals surface area contributed by atoms with Crippen LogP contribution in [0.25, 0.3) is 5.57 Å². The van der Waals surface area contributed by atoms with E-state index in [1.165, 1.54) is 6.26 Å². The van der Waals surface area contributed by atoms with Crippen LogP contribution >= 0.6 is 0 Å². The van der Waals surface area contributed by atoms with E-state index < -0.39 is 9.84 Å². The van der Waals surface area contributed by atoms with Crippen LogP contribution in [0.4, 0.5) is 0 Å². The van der Waals surface area contributed by atoms with Crippen LogP contribution in [0.2, 0.25) is 0 Å². The number of sulfone groups is 1.